The molecule has 0 aromatic heterocycles. The molecule has 3 aliphatic rings. The Hall–Kier alpha value is -1.54. The molecule has 0 spiro atoms. The van der Waals surface area contributed by atoms with E-state index < -0.39 is 19.1 Å². The first-order valence-electron chi connectivity index (χ1n) is 9.18. The van der Waals surface area contributed by atoms with E-state index in [1.807, 2.05) is 6.92 Å². The van der Waals surface area contributed by atoms with Crippen LogP contribution in [0.25, 0.3) is 0 Å². The van der Waals surface area contributed by atoms with Gasteiger partial charge < -0.3 is 4.74 Å². The van der Waals surface area contributed by atoms with Crippen molar-refractivity contribution < 1.29 is 23.9 Å². The van der Waals surface area contributed by atoms with Crippen LogP contribution in [0.4, 0.5) is 0 Å². The van der Waals surface area contributed by atoms with E-state index in [9.17, 15) is 19.2 Å². The molecule has 28 heavy (non-hydrogen) atoms. The Morgan fingerprint density at radius 2 is 1.57 bits per heavy atom. The first kappa shape index (κ1) is 19.8. The number of imide groups is 1. The Bertz CT molecular complexity index is 823. The number of aryl methyl sites for hydroxylation is 1. The van der Waals surface area contributed by atoms with Crippen molar-refractivity contribution in [2.45, 2.75) is 23.0 Å². The fourth-order valence-electron chi connectivity index (χ4n) is 4.71. The maximum Gasteiger partial charge on any atom is 0.326 e. The van der Waals surface area contributed by atoms with Crippen LogP contribution >= 0.6 is 31.9 Å². The Morgan fingerprint density at radius 1 is 1.04 bits per heavy atom. The SMILES string of the molecule is Cc1ccc(C(=O)COC(=O)CN2C(=O)[C@@H]3[C@H]4C[C@@H]([C@H](Br)[C@@H]4Br)[C@@H]3C2=O)cc1. The lowest BCUT2D eigenvalue weighted by Crippen LogP contribution is -2.38. The summed E-state index contributed by atoms with van der Waals surface area (Å²) in [6.45, 7) is 1.06. The molecule has 6 nitrogen and oxygen atoms in total. The molecule has 0 unspecified atom stereocenters. The fraction of sp³-hybridized carbons (Fsp3) is 0.500. The molecule has 8 heteroatoms. The second-order valence-corrected chi connectivity index (χ2v) is 9.83. The molecule has 0 radical (unpaired) electrons. The van der Waals surface area contributed by atoms with Gasteiger partial charge in [0.1, 0.15) is 6.54 Å². The van der Waals surface area contributed by atoms with Gasteiger partial charge in [0, 0.05) is 15.2 Å². The van der Waals surface area contributed by atoms with Crippen LogP contribution in [0.1, 0.15) is 22.3 Å². The Balaban J connectivity index is 1.36. The fourth-order valence-corrected chi connectivity index (χ4v) is 6.58. The molecule has 2 amide bonds. The van der Waals surface area contributed by atoms with Gasteiger partial charge in [0.05, 0.1) is 11.8 Å². The number of Topliss-reactive ketones (excluding diaryl/α,β-unsaturated/α-hetero) is 1. The van der Waals surface area contributed by atoms with Crippen LogP contribution in [0, 0.1) is 30.6 Å². The highest BCUT2D eigenvalue weighted by Gasteiger charge is 2.66. The lowest BCUT2D eigenvalue weighted by Gasteiger charge is -2.28. The van der Waals surface area contributed by atoms with Crippen molar-refractivity contribution in [2.75, 3.05) is 13.2 Å². The molecule has 2 aliphatic carbocycles. The summed E-state index contributed by atoms with van der Waals surface area (Å²) in [7, 11) is 0. The largest absolute Gasteiger partial charge is 0.456 e. The number of benzene rings is 1. The number of ether oxygens (including phenoxy) is 1. The van der Waals surface area contributed by atoms with Gasteiger partial charge in [0.25, 0.3) is 0 Å². The predicted molar refractivity (Wildman–Crippen MR) is 107 cm³/mol. The summed E-state index contributed by atoms with van der Waals surface area (Å²) in [6.07, 6.45) is 0.835. The van der Waals surface area contributed by atoms with Gasteiger partial charge in [-0.25, -0.2) is 0 Å². The van der Waals surface area contributed by atoms with Crippen molar-refractivity contribution in [1.82, 2.24) is 4.90 Å². The number of esters is 1. The Kier molecular flexibility index (Phi) is 5.20. The van der Waals surface area contributed by atoms with Crippen LogP contribution < -0.4 is 0 Å². The van der Waals surface area contributed by atoms with Crippen LogP contribution in [0.2, 0.25) is 0 Å². The highest BCUT2D eigenvalue weighted by atomic mass is 79.9. The van der Waals surface area contributed by atoms with E-state index in [1.54, 1.807) is 24.3 Å². The molecule has 1 saturated heterocycles. The summed E-state index contributed by atoms with van der Waals surface area (Å²) in [5, 5.41) is 0. The second kappa shape index (κ2) is 7.37. The molecule has 6 atom stereocenters. The van der Waals surface area contributed by atoms with Crippen LogP contribution in [0.3, 0.4) is 0 Å². The van der Waals surface area contributed by atoms with Crippen molar-refractivity contribution in [3.05, 3.63) is 35.4 Å². The van der Waals surface area contributed by atoms with Gasteiger partial charge in [0.2, 0.25) is 11.8 Å². The molecule has 1 aromatic rings. The van der Waals surface area contributed by atoms with E-state index >= 15 is 0 Å². The molecular formula is C20H19Br2NO5. The quantitative estimate of drug-likeness (QED) is 0.262. The number of alkyl halides is 2. The van der Waals surface area contributed by atoms with Crippen LogP contribution in [0.5, 0.6) is 0 Å². The van der Waals surface area contributed by atoms with Gasteiger partial charge >= 0.3 is 5.97 Å². The number of carbonyl (C=O) groups excluding carboxylic acids is 4. The third-order valence-electron chi connectivity index (χ3n) is 6.10. The Labute approximate surface area is 179 Å². The third-order valence-corrected chi connectivity index (χ3v) is 9.31. The number of ketones is 1. The molecule has 3 fully saturated rings. The van der Waals surface area contributed by atoms with Crippen LogP contribution in [-0.2, 0) is 19.1 Å². The summed E-state index contributed by atoms with van der Waals surface area (Å²) in [6, 6.07) is 6.95. The van der Waals surface area contributed by atoms with Gasteiger partial charge in [-0.3, -0.25) is 24.1 Å². The number of carbonyl (C=O) groups is 4. The minimum absolute atomic E-state index is 0.0972. The van der Waals surface area contributed by atoms with Crippen LogP contribution in [-0.4, -0.2) is 51.3 Å². The molecular weight excluding hydrogens is 494 g/mol. The van der Waals surface area contributed by atoms with Crippen molar-refractivity contribution in [3.8, 4) is 0 Å². The average molecular weight is 513 g/mol. The van der Waals surface area contributed by atoms with Gasteiger partial charge in [-0.05, 0) is 25.2 Å². The molecule has 1 heterocycles. The van der Waals surface area contributed by atoms with Crippen molar-refractivity contribution >= 4 is 55.4 Å². The molecule has 0 N–H and O–H groups in total. The monoisotopic (exact) mass is 511 g/mol. The molecule has 4 rings (SSSR count). The van der Waals surface area contributed by atoms with E-state index in [0.717, 1.165) is 16.9 Å². The number of hydrogen-bond donors (Lipinski definition) is 0. The van der Waals surface area contributed by atoms with Crippen molar-refractivity contribution in [3.63, 3.8) is 0 Å². The zero-order chi connectivity index (χ0) is 20.2. The first-order chi connectivity index (χ1) is 13.3. The standard InChI is InChI=1S/C20H19Br2NO5/c1-9-2-4-10(5-3-9)13(24)8-28-14(25)7-23-19(26)15-11-6-12(16(15)20(23)27)18(22)17(11)21/h2-5,11-12,15-18H,6-8H2,1H3/t11-,12-,15-,16+,17-,18+/m1/s1. The minimum Gasteiger partial charge on any atom is -0.456 e. The summed E-state index contributed by atoms with van der Waals surface area (Å²) < 4.78 is 5.03. The average Bonchev–Trinajstić information content (AvgIpc) is 3.27. The third kappa shape index (κ3) is 3.14. The van der Waals surface area contributed by atoms with Crippen molar-refractivity contribution in [1.29, 1.82) is 0 Å². The molecule has 1 aromatic carbocycles. The summed E-state index contributed by atoms with van der Waals surface area (Å²) in [5.74, 6) is -2.21. The second-order valence-electron chi connectivity index (χ2n) is 7.72. The van der Waals surface area contributed by atoms with Crippen molar-refractivity contribution in [2.24, 2.45) is 23.7 Å². The smallest absolute Gasteiger partial charge is 0.326 e. The zero-order valence-electron chi connectivity index (χ0n) is 15.1. The Morgan fingerprint density at radius 3 is 2.11 bits per heavy atom. The number of halogens is 2. The topological polar surface area (TPSA) is 80.8 Å². The van der Waals surface area contributed by atoms with E-state index in [-0.39, 0.29) is 50.9 Å². The van der Waals surface area contributed by atoms with Gasteiger partial charge in [-0.1, -0.05) is 61.7 Å². The number of nitrogens with zero attached hydrogens (tertiary/aromatic N) is 1. The van der Waals surface area contributed by atoms with Gasteiger partial charge in [-0.2, -0.15) is 0 Å². The summed E-state index contributed by atoms with van der Waals surface area (Å²) >= 11 is 7.25. The lowest BCUT2D eigenvalue weighted by atomic mass is 9.81. The highest BCUT2D eigenvalue weighted by Crippen LogP contribution is 2.60. The normalized spacial score (nSPS) is 33.3. The summed E-state index contributed by atoms with van der Waals surface area (Å²) in [5.41, 5.74) is 1.47. The lowest BCUT2D eigenvalue weighted by molar-refractivity contribution is -0.152. The zero-order valence-corrected chi connectivity index (χ0v) is 18.3. The number of likely N-dealkylation sites (tertiary alicyclic amines) is 1. The highest BCUT2D eigenvalue weighted by molar-refractivity contribution is 9.12. The van der Waals surface area contributed by atoms with E-state index in [2.05, 4.69) is 31.9 Å². The molecule has 2 saturated carbocycles. The van der Waals surface area contributed by atoms with Gasteiger partial charge in [-0.15, -0.1) is 0 Å². The predicted octanol–water partition coefficient (Wildman–Crippen LogP) is 2.50. The molecule has 148 valence electrons. The molecule has 2 bridgehead atoms. The van der Waals surface area contributed by atoms with E-state index in [4.69, 9.17) is 4.74 Å². The minimum atomic E-state index is -0.750. The van der Waals surface area contributed by atoms with E-state index in [1.165, 1.54) is 0 Å². The van der Waals surface area contributed by atoms with Crippen LogP contribution in [0.15, 0.2) is 24.3 Å². The molecule has 1 aliphatic heterocycles. The first-order valence-corrected chi connectivity index (χ1v) is 11.0. The maximum atomic E-state index is 12.8. The number of amides is 2. The number of rotatable bonds is 5. The van der Waals surface area contributed by atoms with E-state index in [0.29, 0.717) is 5.56 Å². The summed E-state index contributed by atoms with van der Waals surface area (Å²) in [4.78, 5) is 51.1. The maximum absolute atomic E-state index is 12.8. The number of hydrogen-bond acceptors (Lipinski definition) is 5. The van der Waals surface area contributed by atoms with Gasteiger partial charge in [0.15, 0.2) is 12.4 Å². The number of fused-ring (bicyclic) bond motifs is 5.